The van der Waals surface area contributed by atoms with Gasteiger partial charge in [-0.25, -0.2) is 4.79 Å². The second kappa shape index (κ2) is 7.36. The van der Waals surface area contributed by atoms with E-state index >= 15 is 0 Å². The summed E-state index contributed by atoms with van der Waals surface area (Å²) in [6.07, 6.45) is 2.32. The molecular formula is C19H18N4O4. The summed E-state index contributed by atoms with van der Waals surface area (Å²) in [7, 11) is 0. The van der Waals surface area contributed by atoms with Crippen molar-refractivity contribution in [3.63, 3.8) is 0 Å². The molecule has 0 bridgehead atoms. The Hall–Kier alpha value is -3.55. The maximum atomic E-state index is 12.7. The summed E-state index contributed by atoms with van der Waals surface area (Å²) in [6.45, 7) is 1.67. The van der Waals surface area contributed by atoms with Crippen LogP contribution in [0.25, 0.3) is 0 Å². The fraction of sp³-hybridized carbons (Fsp3) is 0.211. The molecule has 2 aromatic carbocycles. The number of amides is 3. The molecule has 1 N–H and O–H groups in total. The highest BCUT2D eigenvalue weighted by molar-refractivity contribution is 6.07. The third-order valence-electron chi connectivity index (χ3n) is 4.40. The molecular weight excluding hydrogens is 348 g/mol. The highest BCUT2D eigenvalue weighted by Gasteiger charge is 2.47. The summed E-state index contributed by atoms with van der Waals surface area (Å²) in [5.74, 6) is -0.454. The van der Waals surface area contributed by atoms with E-state index in [1.54, 1.807) is 13.0 Å². The minimum Gasteiger partial charge on any atom is -0.322 e. The zero-order valence-electron chi connectivity index (χ0n) is 14.7. The molecule has 0 aliphatic carbocycles. The van der Waals surface area contributed by atoms with Crippen molar-refractivity contribution in [1.29, 1.82) is 0 Å². The van der Waals surface area contributed by atoms with E-state index in [2.05, 4.69) is 10.4 Å². The maximum Gasteiger partial charge on any atom is 0.346 e. The van der Waals surface area contributed by atoms with Gasteiger partial charge in [0.05, 0.1) is 11.1 Å². The lowest BCUT2D eigenvalue weighted by Gasteiger charge is -2.20. The van der Waals surface area contributed by atoms with Gasteiger partial charge in [0, 0.05) is 17.7 Å². The normalized spacial score (nSPS) is 19.5. The standard InChI is InChI=1S/C19H18N4O4/c1-19(11-10-14-6-3-2-4-7-14)17(24)22(18(25)21-19)20-13-15-8-5-9-16(12-15)23(26)27/h2-9,12-13H,10-11H2,1H3,(H,21,25)/b20-13-/t19-/m1/s1. The number of carbonyl (C=O) groups is 2. The van der Waals surface area contributed by atoms with Crippen LogP contribution in [0, 0.1) is 10.1 Å². The molecule has 2 aromatic rings. The average molecular weight is 366 g/mol. The SMILES string of the molecule is C[C@]1(CCc2ccccc2)NC(=O)N(/N=C\c2cccc([N+](=O)[O-])c2)C1=O. The molecule has 3 amide bonds. The lowest BCUT2D eigenvalue weighted by Crippen LogP contribution is -2.44. The first-order valence-electron chi connectivity index (χ1n) is 8.38. The molecule has 0 saturated carbocycles. The number of nitro groups is 1. The molecule has 1 aliphatic rings. The fourth-order valence-electron chi connectivity index (χ4n) is 2.82. The minimum absolute atomic E-state index is 0.0937. The van der Waals surface area contributed by atoms with E-state index in [0.29, 0.717) is 18.4 Å². The summed E-state index contributed by atoms with van der Waals surface area (Å²) >= 11 is 0. The van der Waals surface area contributed by atoms with Gasteiger partial charge in [-0.3, -0.25) is 14.9 Å². The second-order valence-electron chi connectivity index (χ2n) is 6.46. The van der Waals surface area contributed by atoms with Gasteiger partial charge >= 0.3 is 6.03 Å². The van der Waals surface area contributed by atoms with Crippen LogP contribution in [0.2, 0.25) is 0 Å². The summed E-state index contributed by atoms with van der Waals surface area (Å²) in [5.41, 5.74) is 0.346. The van der Waals surface area contributed by atoms with Crippen LogP contribution in [-0.2, 0) is 11.2 Å². The Morgan fingerprint density at radius 3 is 2.63 bits per heavy atom. The lowest BCUT2D eigenvalue weighted by atomic mass is 9.93. The largest absolute Gasteiger partial charge is 0.346 e. The summed E-state index contributed by atoms with van der Waals surface area (Å²) in [5, 5.41) is 18.2. The molecule has 27 heavy (non-hydrogen) atoms. The fourth-order valence-corrected chi connectivity index (χ4v) is 2.82. The molecule has 1 fully saturated rings. The minimum atomic E-state index is -1.05. The van der Waals surface area contributed by atoms with Crippen LogP contribution in [-0.4, -0.2) is 33.6 Å². The third-order valence-corrected chi connectivity index (χ3v) is 4.40. The van der Waals surface area contributed by atoms with Crippen molar-refractivity contribution in [2.45, 2.75) is 25.3 Å². The molecule has 1 aliphatic heterocycles. The number of benzene rings is 2. The van der Waals surface area contributed by atoms with Crippen molar-refractivity contribution in [2.24, 2.45) is 5.10 Å². The van der Waals surface area contributed by atoms with Crippen molar-refractivity contribution in [3.05, 3.63) is 75.8 Å². The smallest absolute Gasteiger partial charge is 0.322 e. The first-order chi connectivity index (χ1) is 12.9. The number of nitrogens with zero attached hydrogens (tertiary/aromatic N) is 3. The van der Waals surface area contributed by atoms with Crippen LogP contribution in [0.1, 0.15) is 24.5 Å². The quantitative estimate of drug-likeness (QED) is 0.367. The van der Waals surface area contributed by atoms with Crippen molar-refractivity contribution < 1.29 is 14.5 Å². The Bertz CT molecular complexity index is 913. The van der Waals surface area contributed by atoms with Crippen LogP contribution in [0.3, 0.4) is 0 Å². The Labute approximate surface area is 155 Å². The van der Waals surface area contributed by atoms with E-state index in [1.165, 1.54) is 24.4 Å². The number of hydrogen-bond donors (Lipinski definition) is 1. The van der Waals surface area contributed by atoms with Crippen LogP contribution in [0.5, 0.6) is 0 Å². The molecule has 0 spiro atoms. The van der Waals surface area contributed by atoms with Gasteiger partial charge in [0.25, 0.3) is 11.6 Å². The van der Waals surface area contributed by atoms with E-state index in [0.717, 1.165) is 10.6 Å². The molecule has 8 heteroatoms. The Morgan fingerprint density at radius 1 is 1.19 bits per heavy atom. The molecule has 1 saturated heterocycles. The number of imide groups is 1. The monoisotopic (exact) mass is 366 g/mol. The number of hydrazone groups is 1. The number of non-ortho nitro benzene ring substituents is 1. The van der Waals surface area contributed by atoms with Crippen LogP contribution >= 0.6 is 0 Å². The summed E-state index contributed by atoms with van der Waals surface area (Å²) < 4.78 is 0. The topological polar surface area (TPSA) is 105 Å². The number of aryl methyl sites for hydroxylation is 1. The van der Waals surface area contributed by atoms with Gasteiger partial charge in [0.1, 0.15) is 5.54 Å². The molecule has 3 rings (SSSR count). The third kappa shape index (κ3) is 4.00. The number of urea groups is 1. The summed E-state index contributed by atoms with van der Waals surface area (Å²) in [4.78, 5) is 35.2. The van der Waals surface area contributed by atoms with Gasteiger partial charge in [0.15, 0.2) is 0 Å². The van der Waals surface area contributed by atoms with E-state index < -0.39 is 22.4 Å². The highest BCUT2D eigenvalue weighted by Crippen LogP contribution is 2.23. The van der Waals surface area contributed by atoms with E-state index in [-0.39, 0.29) is 5.69 Å². The van der Waals surface area contributed by atoms with Crippen molar-refractivity contribution in [3.8, 4) is 0 Å². The predicted octanol–water partition coefficient (Wildman–Crippen LogP) is 2.87. The zero-order chi connectivity index (χ0) is 19.4. The van der Waals surface area contributed by atoms with Gasteiger partial charge in [0.2, 0.25) is 0 Å². The Morgan fingerprint density at radius 2 is 1.93 bits per heavy atom. The van der Waals surface area contributed by atoms with E-state index in [1.807, 2.05) is 30.3 Å². The molecule has 1 heterocycles. The number of rotatable bonds is 6. The van der Waals surface area contributed by atoms with Gasteiger partial charge in [-0.15, -0.1) is 5.01 Å². The first-order valence-corrected chi connectivity index (χ1v) is 8.38. The molecule has 138 valence electrons. The number of nitrogens with one attached hydrogen (secondary N) is 1. The molecule has 0 unspecified atom stereocenters. The van der Waals surface area contributed by atoms with Crippen molar-refractivity contribution in [1.82, 2.24) is 10.3 Å². The maximum absolute atomic E-state index is 12.7. The van der Waals surface area contributed by atoms with Gasteiger partial charge < -0.3 is 5.32 Å². The van der Waals surface area contributed by atoms with Crippen LogP contribution < -0.4 is 5.32 Å². The number of carbonyl (C=O) groups excluding carboxylic acids is 2. The van der Waals surface area contributed by atoms with Crippen LogP contribution in [0.15, 0.2) is 59.7 Å². The molecule has 8 nitrogen and oxygen atoms in total. The van der Waals surface area contributed by atoms with Gasteiger partial charge in [-0.1, -0.05) is 42.5 Å². The average Bonchev–Trinajstić information content (AvgIpc) is 2.88. The van der Waals surface area contributed by atoms with Crippen LogP contribution in [0.4, 0.5) is 10.5 Å². The van der Waals surface area contributed by atoms with Crippen molar-refractivity contribution in [2.75, 3.05) is 0 Å². The van der Waals surface area contributed by atoms with E-state index in [9.17, 15) is 19.7 Å². The predicted molar refractivity (Wildman–Crippen MR) is 99.2 cm³/mol. The Kier molecular flexibility index (Phi) is 4.98. The second-order valence-corrected chi connectivity index (χ2v) is 6.46. The lowest BCUT2D eigenvalue weighted by molar-refractivity contribution is -0.384. The first kappa shape index (κ1) is 18.2. The highest BCUT2D eigenvalue weighted by atomic mass is 16.6. The summed E-state index contributed by atoms with van der Waals surface area (Å²) in [6, 6.07) is 14.8. The molecule has 0 aromatic heterocycles. The zero-order valence-corrected chi connectivity index (χ0v) is 14.7. The number of nitro benzene ring substituents is 1. The Balaban J connectivity index is 1.72. The van der Waals surface area contributed by atoms with Crippen molar-refractivity contribution >= 4 is 23.8 Å². The molecule has 0 radical (unpaired) electrons. The van der Waals surface area contributed by atoms with Gasteiger partial charge in [-0.2, -0.15) is 5.10 Å². The number of hydrogen-bond acceptors (Lipinski definition) is 5. The van der Waals surface area contributed by atoms with E-state index in [4.69, 9.17) is 0 Å². The van der Waals surface area contributed by atoms with Gasteiger partial charge in [-0.05, 0) is 25.3 Å². The molecule has 1 atom stereocenters.